The maximum atomic E-state index is 11.5. The van der Waals surface area contributed by atoms with E-state index in [2.05, 4.69) is 0 Å². The zero-order chi connectivity index (χ0) is 9.68. The number of carbonyl (C=O) groups excluding carboxylic acids is 1. The maximum absolute atomic E-state index is 11.5. The van der Waals surface area contributed by atoms with Crippen LogP contribution in [0.2, 0.25) is 0 Å². The lowest BCUT2D eigenvalue weighted by molar-refractivity contribution is 0.104. The minimum atomic E-state index is 0.0972. The van der Waals surface area contributed by atoms with E-state index in [4.69, 9.17) is 0 Å². The van der Waals surface area contributed by atoms with Crippen LogP contribution in [0, 0.1) is 0 Å². The second-order valence-electron chi connectivity index (χ2n) is 3.07. The number of ketones is 1. The van der Waals surface area contributed by atoms with Crippen LogP contribution >= 0.6 is 0 Å². The first-order valence-electron chi connectivity index (χ1n) is 4.50. The molecule has 1 rings (SSSR count). The van der Waals surface area contributed by atoms with Gasteiger partial charge in [0.1, 0.15) is 0 Å². The molecule has 0 saturated carbocycles. The van der Waals surface area contributed by atoms with Crippen molar-refractivity contribution in [3.8, 4) is 0 Å². The molecule has 0 unspecified atom stereocenters. The summed E-state index contributed by atoms with van der Waals surface area (Å²) in [7, 11) is 0. The summed E-state index contributed by atoms with van der Waals surface area (Å²) in [6, 6.07) is 9.33. The zero-order valence-corrected chi connectivity index (χ0v) is 8.08. The van der Waals surface area contributed by atoms with Gasteiger partial charge in [-0.15, -0.1) is 0 Å². The quantitative estimate of drug-likeness (QED) is 0.508. The Morgan fingerprint density at radius 3 is 2.46 bits per heavy atom. The van der Waals surface area contributed by atoms with Gasteiger partial charge in [0, 0.05) is 5.56 Å². The first-order chi connectivity index (χ1) is 6.24. The smallest absolute Gasteiger partial charge is 0.185 e. The van der Waals surface area contributed by atoms with Crippen molar-refractivity contribution in [3.05, 3.63) is 47.5 Å². The third kappa shape index (κ3) is 2.86. The van der Waals surface area contributed by atoms with E-state index in [0.29, 0.717) is 0 Å². The lowest BCUT2D eigenvalue weighted by Crippen LogP contribution is -1.94. The number of carbonyl (C=O) groups is 1. The van der Waals surface area contributed by atoms with Crippen molar-refractivity contribution >= 4 is 5.78 Å². The fourth-order valence-electron chi connectivity index (χ4n) is 1.01. The van der Waals surface area contributed by atoms with Crippen molar-refractivity contribution in [2.45, 2.75) is 20.3 Å². The molecule has 0 heterocycles. The Balaban J connectivity index is 2.81. The maximum Gasteiger partial charge on any atom is 0.185 e. The standard InChI is InChI=1S/C12H14O/c1-3-10(2)9-12(13)11-7-5-4-6-8-11/h4-9H,3H2,1-2H3/b10-9-. The van der Waals surface area contributed by atoms with Gasteiger partial charge in [0.05, 0.1) is 0 Å². The van der Waals surface area contributed by atoms with Crippen LogP contribution in [0.5, 0.6) is 0 Å². The average molecular weight is 174 g/mol. The molecule has 0 spiro atoms. The van der Waals surface area contributed by atoms with Crippen LogP contribution in [0.15, 0.2) is 42.0 Å². The highest BCUT2D eigenvalue weighted by Crippen LogP contribution is 2.05. The normalized spacial score (nSPS) is 11.4. The van der Waals surface area contributed by atoms with Gasteiger partial charge in [-0.3, -0.25) is 4.79 Å². The van der Waals surface area contributed by atoms with Gasteiger partial charge in [-0.2, -0.15) is 0 Å². The van der Waals surface area contributed by atoms with Gasteiger partial charge < -0.3 is 0 Å². The first-order valence-corrected chi connectivity index (χ1v) is 4.50. The molecular formula is C12H14O. The van der Waals surface area contributed by atoms with E-state index >= 15 is 0 Å². The molecular weight excluding hydrogens is 160 g/mol. The zero-order valence-electron chi connectivity index (χ0n) is 8.08. The number of rotatable bonds is 3. The fraction of sp³-hybridized carbons (Fsp3) is 0.250. The topological polar surface area (TPSA) is 17.1 Å². The highest BCUT2D eigenvalue weighted by Gasteiger charge is 2.00. The predicted octanol–water partition coefficient (Wildman–Crippen LogP) is 3.23. The van der Waals surface area contributed by atoms with Crippen LogP contribution in [0.3, 0.4) is 0 Å². The molecule has 0 aliphatic heterocycles. The Kier molecular flexibility index (Phi) is 3.44. The van der Waals surface area contributed by atoms with Crippen LogP contribution in [0.25, 0.3) is 0 Å². The SMILES string of the molecule is CC/C(C)=C\C(=O)c1ccccc1. The van der Waals surface area contributed by atoms with Gasteiger partial charge >= 0.3 is 0 Å². The molecule has 0 bridgehead atoms. The highest BCUT2D eigenvalue weighted by molar-refractivity contribution is 6.04. The number of hydrogen-bond donors (Lipinski definition) is 0. The van der Waals surface area contributed by atoms with Crippen LogP contribution in [-0.2, 0) is 0 Å². The summed E-state index contributed by atoms with van der Waals surface area (Å²) in [6.45, 7) is 4.02. The molecule has 0 aliphatic rings. The first kappa shape index (κ1) is 9.72. The number of benzene rings is 1. The Bertz CT molecular complexity index is 309. The average Bonchev–Trinajstić information content (AvgIpc) is 2.19. The van der Waals surface area contributed by atoms with Crippen LogP contribution in [0.4, 0.5) is 0 Å². The molecule has 0 fully saturated rings. The molecule has 1 aromatic carbocycles. The van der Waals surface area contributed by atoms with Gasteiger partial charge in [0.2, 0.25) is 0 Å². The number of hydrogen-bond acceptors (Lipinski definition) is 1. The summed E-state index contributed by atoms with van der Waals surface area (Å²) in [5.74, 6) is 0.0972. The van der Waals surface area contributed by atoms with E-state index in [1.54, 1.807) is 6.08 Å². The second-order valence-corrected chi connectivity index (χ2v) is 3.07. The van der Waals surface area contributed by atoms with Crippen molar-refractivity contribution in [1.29, 1.82) is 0 Å². The summed E-state index contributed by atoms with van der Waals surface area (Å²) in [5.41, 5.74) is 1.88. The summed E-state index contributed by atoms with van der Waals surface area (Å²) in [4.78, 5) is 11.5. The van der Waals surface area contributed by atoms with E-state index < -0.39 is 0 Å². The predicted molar refractivity (Wildman–Crippen MR) is 54.8 cm³/mol. The van der Waals surface area contributed by atoms with Crippen molar-refractivity contribution < 1.29 is 4.79 Å². The molecule has 68 valence electrons. The Morgan fingerprint density at radius 1 is 1.31 bits per heavy atom. The summed E-state index contributed by atoms with van der Waals surface area (Å²) in [6.07, 6.45) is 2.63. The molecule has 0 saturated heterocycles. The van der Waals surface area contributed by atoms with Crippen LogP contribution in [0.1, 0.15) is 30.6 Å². The lowest BCUT2D eigenvalue weighted by Gasteiger charge is -1.96. The highest BCUT2D eigenvalue weighted by atomic mass is 16.1. The van der Waals surface area contributed by atoms with Crippen molar-refractivity contribution in [3.63, 3.8) is 0 Å². The fourth-order valence-corrected chi connectivity index (χ4v) is 1.01. The second kappa shape index (κ2) is 4.61. The molecule has 13 heavy (non-hydrogen) atoms. The van der Waals surface area contributed by atoms with Crippen molar-refractivity contribution in [1.82, 2.24) is 0 Å². The van der Waals surface area contributed by atoms with Gasteiger partial charge in [-0.25, -0.2) is 0 Å². The summed E-state index contributed by atoms with van der Waals surface area (Å²) < 4.78 is 0. The van der Waals surface area contributed by atoms with Crippen molar-refractivity contribution in [2.24, 2.45) is 0 Å². The van der Waals surface area contributed by atoms with Gasteiger partial charge in [0.15, 0.2) is 5.78 Å². The minimum absolute atomic E-state index is 0.0972. The van der Waals surface area contributed by atoms with Crippen LogP contribution in [-0.4, -0.2) is 5.78 Å². The number of allylic oxidation sites excluding steroid dienone is 2. The molecule has 0 amide bonds. The Morgan fingerprint density at radius 2 is 1.92 bits per heavy atom. The van der Waals surface area contributed by atoms with E-state index in [1.165, 1.54) is 0 Å². The monoisotopic (exact) mass is 174 g/mol. The Hall–Kier alpha value is -1.37. The minimum Gasteiger partial charge on any atom is -0.289 e. The molecule has 1 aromatic rings. The van der Waals surface area contributed by atoms with E-state index in [9.17, 15) is 4.79 Å². The van der Waals surface area contributed by atoms with E-state index in [1.807, 2.05) is 44.2 Å². The third-order valence-electron chi connectivity index (χ3n) is 1.99. The molecule has 1 heteroatoms. The Labute approximate surface area is 79.1 Å². The van der Waals surface area contributed by atoms with E-state index in [0.717, 1.165) is 17.6 Å². The van der Waals surface area contributed by atoms with Crippen LogP contribution < -0.4 is 0 Å². The molecule has 0 radical (unpaired) electrons. The van der Waals surface area contributed by atoms with Crippen molar-refractivity contribution in [2.75, 3.05) is 0 Å². The van der Waals surface area contributed by atoms with Gasteiger partial charge in [-0.05, 0) is 19.4 Å². The third-order valence-corrected chi connectivity index (χ3v) is 1.99. The molecule has 0 aliphatic carbocycles. The molecule has 0 atom stereocenters. The van der Waals surface area contributed by atoms with Gasteiger partial charge in [0.25, 0.3) is 0 Å². The largest absolute Gasteiger partial charge is 0.289 e. The summed E-state index contributed by atoms with van der Waals surface area (Å²) in [5, 5.41) is 0. The van der Waals surface area contributed by atoms with Gasteiger partial charge in [-0.1, -0.05) is 42.8 Å². The molecule has 0 aromatic heterocycles. The molecule has 1 nitrogen and oxygen atoms in total. The van der Waals surface area contributed by atoms with E-state index in [-0.39, 0.29) is 5.78 Å². The summed E-state index contributed by atoms with van der Waals surface area (Å²) >= 11 is 0. The molecule has 0 N–H and O–H groups in total. The lowest BCUT2D eigenvalue weighted by atomic mass is 10.1.